The highest BCUT2D eigenvalue weighted by molar-refractivity contribution is 6.04. The van der Waals surface area contributed by atoms with Gasteiger partial charge in [-0.3, -0.25) is 14.6 Å². The molecule has 3 aliphatic heterocycles. The number of nitrogens with one attached hydrogen (secondary N) is 2. The first-order valence-corrected chi connectivity index (χ1v) is 18.1. The number of rotatable bonds is 11. The van der Waals surface area contributed by atoms with Crippen LogP contribution in [0.25, 0.3) is 22.4 Å². The van der Waals surface area contributed by atoms with Gasteiger partial charge in [-0.2, -0.15) is 0 Å². The van der Waals surface area contributed by atoms with Crippen LogP contribution in [0.4, 0.5) is 10.1 Å². The maximum absolute atomic E-state index is 15.9. The number of hydrogen-bond donors (Lipinski definition) is 3. The molecule has 4 N–H and O–H groups in total. The summed E-state index contributed by atoms with van der Waals surface area (Å²) >= 11 is 0. The molecule has 4 aromatic rings. The van der Waals surface area contributed by atoms with Gasteiger partial charge in [-0.1, -0.05) is 12.1 Å². The van der Waals surface area contributed by atoms with Gasteiger partial charge in [0.1, 0.15) is 30.3 Å². The number of halogens is 1. The summed E-state index contributed by atoms with van der Waals surface area (Å²) in [6.45, 7) is 5.76. The predicted octanol–water partition coefficient (Wildman–Crippen LogP) is 5.15. The van der Waals surface area contributed by atoms with Crippen molar-refractivity contribution in [1.82, 2.24) is 14.9 Å². The van der Waals surface area contributed by atoms with E-state index in [9.17, 15) is 9.59 Å². The third kappa shape index (κ3) is 8.55. The SMILES string of the molecule is COc1cc(C2=CNC(N)C(c3ccc(NC(=O)c4cn(CC5CCOCC5)cc(-c5ccc(C)cn5)c4=O)cc3F)=C2)ccc1OC[C@@H]1COCCO1. The minimum atomic E-state index is -0.696. The van der Waals surface area contributed by atoms with E-state index in [1.807, 2.05) is 41.8 Å². The van der Waals surface area contributed by atoms with Gasteiger partial charge in [0.2, 0.25) is 5.43 Å². The number of amides is 1. The summed E-state index contributed by atoms with van der Waals surface area (Å²) in [6, 6.07) is 13.5. The van der Waals surface area contributed by atoms with Crippen LogP contribution in [0.3, 0.4) is 0 Å². The normalized spacial score (nSPS) is 19.0. The molecule has 0 aliphatic carbocycles. The monoisotopic (exact) mass is 737 g/mol. The first-order chi connectivity index (χ1) is 26.2. The van der Waals surface area contributed by atoms with Crippen LogP contribution >= 0.6 is 0 Å². The molecule has 282 valence electrons. The third-order valence-corrected chi connectivity index (χ3v) is 9.73. The number of anilines is 1. The average molecular weight is 738 g/mol. The molecule has 5 heterocycles. The number of benzene rings is 2. The molecular weight excluding hydrogens is 693 g/mol. The van der Waals surface area contributed by atoms with Crippen molar-refractivity contribution < 1.29 is 32.9 Å². The van der Waals surface area contributed by atoms with E-state index in [0.29, 0.717) is 80.4 Å². The fraction of sp³-hybridized carbons (Fsp3) is 0.341. The van der Waals surface area contributed by atoms with Crippen LogP contribution in [0.15, 0.2) is 84.2 Å². The van der Waals surface area contributed by atoms with E-state index in [0.717, 1.165) is 29.5 Å². The smallest absolute Gasteiger partial charge is 0.261 e. The molecule has 2 fully saturated rings. The van der Waals surface area contributed by atoms with Gasteiger partial charge in [-0.25, -0.2) is 4.39 Å². The molecule has 12 nitrogen and oxygen atoms in total. The number of aryl methyl sites for hydroxylation is 1. The standard InChI is InChI=1S/C41H44FN5O7/c1-25-3-7-36(44-18-25)33-21-47(20-26-9-11-51-12-10-26)22-34(39(33)48)41(49)46-29-5-6-31(35(42)17-29)32-15-28(19-45-40(32)43)27-4-8-37(38(16-27)50-2)54-24-30-23-52-13-14-53-30/h3-8,15-19,21-22,26,30,40,45H,9-14,20,23-24,43H2,1-2H3,(H,46,49)/t30-,40?/m0/s1. The van der Waals surface area contributed by atoms with Crippen LogP contribution in [0.5, 0.6) is 11.5 Å². The Labute approximate surface area is 312 Å². The summed E-state index contributed by atoms with van der Waals surface area (Å²) in [5, 5.41) is 5.85. The van der Waals surface area contributed by atoms with Crippen molar-refractivity contribution in [1.29, 1.82) is 0 Å². The quantitative estimate of drug-likeness (QED) is 0.189. The second-order valence-corrected chi connectivity index (χ2v) is 13.6. The first-order valence-electron chi connectivity index (χ1n) is 18.1. The van der Waals surface area contributed by atoms with Crippen molar-refractivity contribution in [3.8, 4) is 22.8 Å². The average Bonchev–Trinajstić information content (AvgIpc) is 3.19. The lowest BCUT2D eigenvalue weighted by Crippen LogP contribution is -2.37. The molecular formula is C41H44FN5O7. The molecule has 0 spiro atoms. The van der Waals surface area contributed by atoms with E-state index in [-0.39, 0.29) is 22.9 Å². The Morgan fingerprint density at radius 1 is 1.04 bits per heavy atom. The Morgan fingerprint density at radius 3 is 2.63 bits per heavy atom. The van der Waals surface area contributed by atoms with Gasteiger partial charge in [0, 0.05) is 55.8 Å². The third-order valence-electron chi connectivity index (χ3n) is 9.73. The fourth-order valence-corrected chi connectivity index (χ4v) is 6.72. The van der Waals surface area contributed by atoms with Crippen molar-refractivity contribution in [2.75, 3.05) is 52.1 Å². The van der Waals surface area contributed by atoms with Crippen molar-refractivity contribution in [3.05, 3.63) is 118 Å². The van der Waals surface area contributed by atoms with Crippen molar-refractivity contribution >= 4 is 22.7 Å². The van der Waals surface area contributed by atoms with Gasteiger partial charge in [0.15, 0.2) is 11.5 Å². The number of aromatic nitrogens is 2. The topological polar surface area (TPSA) is 148 Å². The number of dihydropyridines is 1. The zero-order valence-electron chi connectivity index (χ0n) is 30.3. The Balaban J connectivity index is 1.10. The maximum Gasteiger partial charge on any atom is 0.261 e. The van der Waals surface area contributed by atoms with Crippen LogP contribution in [0.1, 0.15) is 39.9 Å². The number of nitrogens with two attached hydrogens (primary N) is 1. The van der Waals surface area contributed by atoms with Crippen LogP contribution in [-0.4, -0.2) is 74.5 Å². The number of nitrogens with zero attached hydrogens (tertiary/aromatic N) is 2. The Hall–Kier alpha value is -5.34. The Kier molecular flexibility index (Phi) is 11.5. The molecule has 0 bridgehead atoms. The summed E-state index contributed by atoms with van der Waals surface area (Å²) < 4.78 is 46.0. The zero-order valence-corrected chi connectivity index (χ0v) is 30.3. The lowest BCUT2D eigenvalue weighted by atomic mass is 9.94. The van der Waals surface area contributed by atoms with Crippen molar-refractivity contribution in [2.45, 2.75) is 38.6 Å². The summed E-state index contributed by atoms with van der Waals surface area (Å²) in [6.07, 6.45) is 9.48. The lowest BCUT2D eigenvalue weighted by molar-refractivity contribution is -0.101. The second kappa shape index (κ2) is 16.8. The van der Waals surface area contributed by atoms with Crippen LogP contribution in [-0.2, 0) is 20.8 Å². The molecule has 2 saturated heterocycles. The zero-order chi connectivity index (χ0) is 37.6. The molecule has 3 aliphatic rings. The highest BCUT2D eigenvalue weighted by atomic mass is 19.1. The molecule has 1 unspecified atom stereocenters. The van der Waals surface area contributed by atoms with Crippen LogP contribution in [0.2, 0.25) is 0 Å². The molecule has 54 heavy (non-hydrogen) atoms. The van der Waals surface area contributed by atoms with Gasteiger partial charge in [-0.15, -0.1) is 0 Å². The van der Waals surface area contributed by atoms with E-state index in [1.165, 1.54) is 6.07 Å². The van der Waals surface area contributed by atoms with Gasteiger partial charge in [0.05, 0.1) is 38.2 Å². The number of carbonyl (C=O) groups is 1. The number of ether oxygens (including phenoxy) is 5. The predicted molar refractivity (Wildman–Crippen MR) is 203 cm³/mol. The largest absolute Gasteiger partial charge is 0.493 e. The van der Waals surface area contributed by atoms with Gasteiger partial charge >= 0.3 is 0 Å². The Morgan fingerprint density at radius 2 is 1.89 bits per heavy atom. The van der Waals surface area contributed by atoms with E-state index in [1.54, 1.807) is 50.1 Å². The molecule has 13 heteroatoms. The minimum absolute atomic E-state index is 0.0643. The Bertz CT molecular complexity index is 2100. The molecule has 2 aromatic heterocycles. The molecule has 2 aromatic carbocycles. The molecule has 7 rings (SSSR count). The minimum Gasteiger partial charge on any atom is -0.493 e. The summed E-state index contributed by atoms with van der Waals surface area (Å²) in [5.74, 6) is 0.171. The number of methoxy groups -OCH3 is 1. The summed E-state index contributed by atoms with van der Waals surface area (Å²) in [7, 11) is 1.56. The summed E-state index contributed by atoms with van der Waals surface area (Å²) in [5.41, 5.74) is 10.1. The number of hydrogen-bond acceptors (Lipinski definition) is 10. The van der Waals surface area contributed by atoms with E-state index in [2.05, 4.69) is 15.6 Å². The molecule has 0 radical (unpaired) electrons. The van der Waals surface area contributed by atoms with Crippen LogP contribution in [0, 0.1) is 18.7 Å². The van der Waals surface area contributed by atoms with E-state index >= 15 is 4.39 Å². The molecule has 0 saturated carbocycles. The summed E-state index contributed by atoms with van der Waals surface area (Å²) in [4.78, 5) is 31.9. The highest BCUT2D eigenvalue weighted by Crippen LogP contribution is 2.35. The highest BCUT2D eigenvalue weighted by Gasteiger charge is 2.23. The lowest BCUT2D eigenvalue weighted by Gasteiger charge is -2.24. The number of allylic oxidation sites excluding steroid dienone is 2. The van der Waals surface area contributed by atoms with Gasteiger partial charge in [0.25, 0.3) is 5.91 Å². The van der Waals surface area contributed by atoms with Gasteiger partial charge in [-0.05, 0) is 90.4 Å². The number of pyridine rings is 2. The number of carbonyl (C=O) groups excluding carboxylic acids is 1. The molecule has 1 amide bonds. The van der Waals surface area contributed by atoms with E-state index < -0.39 is 23.3 Å². The van der Waals surface area contributed by atoms with Crippen molar-refractivity contribution in [3.63, 3.8) is 0 Å². The van der Waals surface area contributed by atoms with Crippen molar-refractivity contribution in [2.24, 2.45) is 11.7 Å². The van der Waals surface area contributed by atoms with E-state index in [4.69, 9.17) is 29.4 Å². The fourth-order valence-electron chi connectivity index (χ4n) is 6.72. The van der Waals surface area contributed by atoms with Gasteiger partial charge < -0.3 is 44.6 Å². The first kappa shape index (κ1) is 37.0. The second-order valence-electron chi connectivity index (χ2n) is 13.6. The van der Waals surface area contributed by atoms with Crippen LogP contribution < -0.4 is 31.3 Å². The molecule has 2 atom stereocenters. The maximum atomic E-state index is 15.9.